The summed E-state index contributed by atoms with van der Waals surface area (Å²) >= 11 is 0. The number of hydrogen-bond acceptors (Lipinski definition) is 4. The molecule has 0 spiro atoms. The number of hydrogen-bond donors (Lipinski definition) is 0. The summed E-state index contributed by atoms with van der Waals surface area (Å²) in [6, 6.07) is 0.830. The second-order valence-electron chi connectivity index (χ2n) is 10.2. The molecule has 5 rings (SSSR count). The standard InChI is InChI=1S/C26H30F5N5/c1-15-21(27)18(13-20(22(15)28)26(29,30)31)23-19-14-32-25(33-24(19)35(2)34-23)36-11-7-6-10-17(36)12-16-8-4-3-5-9-16/h13-14,16-17H,3-12H2,1-2H3. The van der Waals surface area contributed by atoms with Gasteiger partial charge in [-0.2, -0.15) is 23.3 Å². The van der Waals surface area contributed by atoms with Crippen LogP contribution in [0.25, 0.3) is 22.3 Å². The van der Waals surface area contributed by atoms with E-state index in [-0.39, 0.29) is 5.69 Å². The number of fused-ring (bicyclic) bond motifs is 1. The van der Waals surface area contributed by atoms with Crippen molar-refractivity contribution in [1.82, 2.24) is 19.7 Å². The molecule has 194 valence electrons. The van der Waals surface area contributed by atoms with Crippen LogP contribution in [0.5, 0.6) is 0 Å². The van der Waals surface area contributed by atoms with Gasteiger partial charge in [-0.15, -0.1) is 0 Å². The molecule has 1 aliphatic heterocycles. The van der Waals surface area contributed by atoms with Crippen LogP contribution in [0, 0.1) is 24.5 Å². The number of nitrogens with zero attached hydrogens (tertiary/aromatic N) is 5. The highest BCUT2D eigenvalue weighted by molar-refractivity contribution is 5.91. The third-order valence-corrected chi connectivity index (χ3v) is 7.76. The molecule has 2 aliphatic rings. The minimum atomic E-state index is -4.97. The van der Waals surface area contributed by atoms with Gasteiger partial charge in [0.15, 0.2) is 5.65 Å². The van der Waals surface area contributed by atoms with Crippen molar-refractivity contribution in [2.24, 2.45) is 13.0 Å². The molecule has 1 unspecified atom stereocenters. The summed E-state index contributed by atoms with van der Waals surface area (Å²) in [6.07, 6.45) is 7.33. The molecule has 10 heteroatoms. The highest BCUT2D eigenvalue weighted by Gasteiger charge is 2.37. The fraction of sp³-hybridized carbons (Fsp3) is 0.577. The molecular weight excluding hydrogens is 477 g/mol. The first kappa shape index (κ1) is 24.9. The summed E-state index contributed by atoms with van der Waals surface area (Å²) in [7, 11) is 1.61. The van der Waals surface area contributed by atoms with Gasteiger partial charge >= 0.3 is 6.18 Å². The van der Waals surface area contributed by atoms with Gasteiger partial charge in [0.2, 0.25) is 5.95 Å². The molecule has 0 radical (unpaired) electrons. The fourth-order valence-corrected chi connectivity index (χ4v) is 5.83. The molecule has 0 bridgehead atoms. The van der Waals surface area contributed by atoms with E-state index in [4.69, 9.17) is 4.98 Å². The molecular formula is C26H30F5N5. The zero-order valence-corrected chi connectivity index (χ0v) is 20.5. The lowest BCUT2D eigenvalue weighted by atomic mass is 9.82. The lowest BCUT2D eigenvalue weighted by Gasteiger charge is -2.38. The van der Waals surface area contributed by atoms with Gasteiger partial charge < -0.3 is 4.90 Å². The van der Waals surface area contributed by atoms with E-state index in [1.165, 1.54) is 43.0 Å². The van der Waals surface area contributed by atoms with E-state index >= 15 is 0 Å². The van der Waals surface area contributed by atoms with Crippen molar-refractivity contribution in [2.75, 3.05) is 11.4 Å². The smallest absolute Gasteiger partial charge is 0.338 e. The van der Waals surface area contributed by atoms with Gasteiger partial charge in [0.05, 0.1) is 10.9 Å². The Balaban J connectivity index is 1.53. The van der Waals surface area contributed by atoms with Crippen LogP contribution in [0.3, 0.4) is 0 Å². The number of rotatable bonds is 4. The topological polar surface area (TPSA) is 46.8 Å². The minimum absolute atomic E-state index is 0.0393. The highest BCUT2D eigenvalue weighted by Crippen LogP contribution is 2.39. The maximum Gasteiger partial charge on any atom is 0.419 e. The zero-order valence-electron chi connectivity index (χ0n) is 20.5. The number of halogens is 5. The Labute approximate surface area is 206 Å². The Kier molecular flexibility index (Phi) is 6.63. The van der Waals surface area contributed by atoms with Crippen LogP contribution in [0.2, 0.25) is 0 Å². The van der Waals surface area contributed by atoms with E-state index in [0.29, 0.717) is 35.0 Å². The van der Waals surface area contributed by atoms with E-state index in [2.05, 4.69) is 15.0 Å². The van der Waals surface area contributed by atoms with E-state index in [1.54, 1.807) is 7.05 Å². The van der Waals surface area contributed by atoms with E-state index in [1.807, 2.05) is 0 Å². The number of anilines is 1. The van der Waals surface area contributed by atoms with Crippen molar-refractivity contribution in [3.63, 3.8) is 0 Å². The lowest BCUT2D eigenvalue weighted by Crippen LogP contribution is -2.42. The van der Waals surface area contributed by atoms with Gasteiger partial charge in [0, 0.05) is 37.0 Å². The Bertz CT molecular complexity index is 1260. The zero-order chi connectivity index (χ0) is 25.6. The predicted octanol–water partition coefficient (Wildman–Crippen LogP) is 6.97. The van der Waals surface area contributed by atoms with E-state index in [9.17, 15) is 22.0 Å². The molecule has 1 atom stereocenters. The van der Waals surface area contributed by atoms with Crippen LogP contribution in [0.1, 0.15) is 68.9 Å². The summed E-state index contributed by atoms with van der Waals surface area (Å²) in [5, 5.41) is 4.60. The van der Waals surface area contributed by atoms with E-state index < -0.39 is 34.5 Å². The molecule has 1 saturated heterocycles. The summed E-state index contributed by atoms with van der Waals surface area (Å²) < 4.78 is 70.9. The highest BCUT2D eigenvalue weighted by atomic mass is 19.4. The molecule has 2 fully saturated rings. The second kappa shape index (κ2) is 9.59. The third-order valence-electron chi connectivity index (χ3n) is 7.76. The monoisotopic (exact) mass is 507 g/mol. The molecule has 36 heavy (non-hydrogen) atoms. The first-order valence-corrected chi connectivity index (χ1v) is 12.7. The van der Waals surface area contributed by atoms with Gasteiger partial charge in [0.25, 0.3) is 0 Å². The Morgan fingerprint density at radius 2 is 1.72 bits per heavy atom. The third kappa shape index (κ3) is 4.54. The summed E-state index contributed by atoms with van der Waals surface area (Å²) in [4.78, 5) is 11.5. The van der Waals surface area contributed by atoms with Crippen LogP contribution in [0.4, 0.5) is 27.9 Å². The van der Waals surface area contributed by atoms with Gasteiger partial charge in [0.1, 0.15) is 17.3 Å². The Morgan fingerprint density at radius 3 is 2.44 bits per heavy atom. The van der Waals surface area contributed by atoms with Crippen molar-refractivity contribution in [3.05, 3.63) is 35.0 Å². The van der Waals surface area contributed by atoms with E-state index in [0.717, 1.165) is 39.2 Å². The minimum Gasteiger partial charge on any atom is -0.338 e. The summed E-state index contributed by atoms with van der Waals surface area (Å²) in [5.41, 5.74) is -2.28. The molecule has 3 aromatic rings. The first-order valence-electron chi connectivity index (χ1n) is 12.7. The number of aromatic nitrogens is 4. The molecule has 0 N–H and O–H groups in total. The molecule has 1 aliphatic carbocycles. The van der Waals surface area contributed by atoms with Crippen LogP contribution >= 0.6 is 0 Å². The number of alkyl halides is 3. The fourth-order valence-electron chi connectivity index (χ4n) is 5.83. The maximum absolute atomic E-state index is 15.0. The van der Waals surface area contributed by atoms with Crippen molar-refractivity contribution < 1.29 is 22.0 Å². The summed E-state index contributed by atoms with van der Waals surface area (Å²) in [5.74, 6) is -1.42. The summed E-state index contributed by atoms with van der Waals surface area (Å²) in [6.45, 7) is 1.83. The van der Waals surface area contributed by atoms with Gasteiger partial charge in [-0.1, -0.05) is 32.1 Å². The molecule has 3 heterocycles. The molecule has 1 aromatic carbocycles. The number of aryl methyl sites for hydroxylation is 1. The average molecular weight is 508 g/mol. The number of benzene rings is 1. The Morgan fingerprint density at radius 1 is 1.00 bits per heavy atom. The molecule has 0 amide bonds. The van der Waals surface area contributed by atoms with Crippen LogP contribution in [0.15, 0.2) is 12.3 Å². The van der Waals surface area contributed by atoms with Crippen molar-refractivity contribution in [2.45, 2.75) is 76.9 Å². The molecule has 2 aromatic heterocycles. The van der Waals surface area contributed by atoms with Crippen molar-refractivity contribution >= 4 is 17.0 Å². The van der Waals surface area contributed by atoms with Crippen molar-refractivity contribution in [3.8, 4) is 11.3 Å². The number of piperidine rings is 1. The normalized spacial score (nSPS) is 19.9. The second-order valence-corrected chi connectivity index (χ2v) is 10.2. The van der Waals surface area contributed by atoms with Gasteiger partial charge in [-0.3, -0.25) is 0 Å². The SMILES string of the molecule is Cc1c(F)c(-c2nn(C)c3nc(N4CCCCC4CC4CCCCC4)ncc23)cc(C(F)(F)F)c1F. The van der Waals surface area contributed by atoms with Crippen LogP contribution in [-0.2, 0) is 13.2 Å². The van der Waals surface area contributed by atoms with Crippen molar-refractivity contribution in [1.29, 1.82) is 0 Å². The lowest BCUT2D eigenvalue weighted by molar-refractivity contribution is -0.140. The largest absolute Gasteiger partial charge is 0.419 e. The van der Waals surface area contributed by atoms with Gasteiger partial charge in [-0.05, 0) is 44.6 Å². The average Bonchev–Trinajstić information content (AvgIpc) is 3.18. The predicted molar refractivity (Wildman–Crippen MR) is 128 cm³/mol. The van der Waals surface area contributed by atoms with Crippen LogP contribution < -0.4 is 4.90 Å². The molecule has 5 nitrogen and oxygen atoms in total. The quantitative estimate of drug-likeness (QED) is 0.358. The van der Waals surface area contributed by atoms with Gasteiger partial charge in [-0.25, -0.2) is 18.4 Å². The maximum atomic E-state index is 15.0. The first-order chi connectivity index (χ1) is 17.1. The molecule has 1 saturated carbocycles. The van der Waals surface area contributed by atoms with Crippen LogP contribution in [-0.4, -0.2) is 32.3 Å². The Hall–Kier alpha value is -2.78.